The third kappa shape index (κ3) is 2.15. The van der Waals surface area contributed by atoms with Gasteiger partial charge in [-0.05, 0) is 20.3 Å². The monoisotopic (exact) mass is 249 g/mol. The molecule has 0 spiro atoms. The maximum atomic E-state index is 10.00. The topological polar surface area (TPSA) is 68.8 Å². The molecule has 18 heavy (non-hydrogen) atoms. The molecule has 1 N–H and O–H groups in total. The molecule has 0 saturated carbocycles. The van der Waals surface area contributed by atoms with Crippen molar-refractivity contribution in [2.75, 3.05) is 0 Å². The lowest BCUT2D eigenvalue weighted by Crippen LogP contribution is -2.10. The van der Waals surface area contributed by atoms with Gasteiger partial charge < -0.3 is 5.11 Å². The molecular formula is C12H19N5O. The van der Waals surface area contributed by atoms with Gasteiger partial charge in [0, 0.05) is 18.3 Å². The van der Waals surface area contributed by atoms with Crippen molar-refractivity contribution in [3.63, 3.8) is 0 Å². The predicted octanol–water partition coefficient (Wildman–Crippen LogP) is 1.12. The fourth-order valence-corrected chi connectivity index (χ4v) is 2.15. The van der Waals surface area contributed by atoms with Gasteiger partial charge in [0.05, 0.1) is 11.8 Å². The fraction of sp³-hybridized carbons (Fsp3) is 0.583. The van der Waals surface area contributed by atoms with Crippen LogP contribution < -0.4 is 0 Å². The van der Waals surface area contributed by atoms with Gasteiger partial charge in [0.25, 0.3) is 0 Å². The van der Waals surface area contributed by atoms with Crippen LogP contribution in [0.1, 0.15) is 42.2 Å². The second kappa shape index (κ2) is 4.89. The standard InChI is InChI=1S/C12H19N5O/c1-5-10(18)12-8(2)15-17(9(12)3)6-11-13-7-14-16(11)4/h7,10,18H,5-6H2,1-4H3. The van der Waals surface area contributed by atoms with Crippen molar-refractivity contribution in [2.24, 2.45) is 7.05 Å². The van der Waals surface area contributed by atoms with Gasteiger partial charge in [-0.2, -0.15) is 10.2 Å². The van der Waals surface area contributed by atoms with Crippen LogP contribution in [0, 0.1) is 13.8 Å². The summed E-state index contributed by atoms with van der Waals surface area (Å²) < 4.78 is 3.60. The van der Waals surface area contributed by atoms with Gasteiger partial charge in [0.15, 0.2) is 0 Å². The van der Waals surface area contributed by atoms with Crippen LogP contribution >= 0.6 is 0 Å². The molecule has 1 unspecified atom stereocenters. The quantitative estimate of drug-likeness (QED) is 0.881. The molecule has 2 aromatic heterocycles. The van der Waals surface area contributed by atoms with Crippen molar-refractivity contribution >= 4 is 0 Å². The minimum atomic E-state index is -0.446. The molecule has 2 heterocycles. The number of aryl methyl sites for hydroxylation is 2. The molecule has 0 fully saturated rings. The first-order valence-corrected chi connectivity index (χ1v) is 6.09. The summed E-state index contributed by atoms with van der Waals surface area (Å²) in [4.78, 5) is 4.18. The van der Waals surface area contributed by atoms with E-state index in [0.29, 0.717) is 13.0 Å². The van der Waals surface area contributed by atoms with Crippen LogP contribution in [0.5, 0.6) is 0 Å². The summed E-state index contributed by atoms with van der Waals surface area (Å²) in [5.41, 5.74) is 2.80. The first-order valence-electron chi connectivity index (χ1n) is 6.09. The maximum Gasteiger partial charge on any atom is 0.148 e. The van der Waals surface area contributed by atoms with Gasteiger partial charge in [-0.25, -0.2) is 4.98 Å². The summed E-state index contributed by atoms with van der Waals surface area (Å²) in [7, 11) is 1.86. The Balaban J connectivity index is 2.33. The average Bonchev–Trinajstić information content (AvgIpc) is 2.85. The summed E-state index contributed by atoms with van der Waals surface area (Å²) >= 11 is 0. The summed E-state index contributed by atoms with van der Waals surface area (Å²) in [5.74, 6) is 0.845. The van der Waals surface area contributed by atoms with Crippen molar-refractivity contribution in [1.29, 1.82) is 0 Å². The van der Waals surface area contributed by atoms with Gasteiger partial charge in [-0.15, -0.1) is 0 Å². The molecule has 0 aromatic carbocycles. The van der Waals surface area contributed by atoms with E-state index < -0.39 is 6.10 Å². The highest BCUT2D eigenvalue weighted by atomic mass is 16.3. The molecule has 2 rings (SSSR count). The molecule has 0 bridgehead atoms. The minimum absolute atomic E-state index is 0.446. The Morgan fingerprint density at radius 3 is 2.67 bits per heavy atom. The fourth-order valence-electron chi connectivity index (χ4n) is 2.15. The van der Waals surface area contributed by atoms with Crippen LogP contribution in [0.4, 0.5) is 0 Å². The third-order valence-electron chi connectivity index (χ3n) is 3.25. The third-order valence-corrected chi connectivity index (χ3v) is 3.25. The smallest absolute Gasteiger partial charge is 0.148 e. The highest BCUT2D eigenvalue weighted by Crippen LogP contribution is 2.24. The van der Waals surface area contributed by atoms with E-state index in [1.807, 2.05) is 32.5 Å². The van der Waals surface area contributed by atoms with Crippen molar-refractivity contribution in [1.82, 2.24) is 24.5 Å². The Kier molecular flexibility index (Phi) is 3.47. The molecule has 1 atom stereocenters. The minimum Gasteiger partial charge on any atom is -0.388 e. The predicted molar refractivity (Wildman–Crippen MR) is 67.1 cm³/mol. The lowest BCUT2D eigenvalue weighted by Gasteiger charge is -2.09. The summed E-state index contributed by atoms with van der Waals surface area (Å²) in [6.07, 6.45) is 1.78. The van der Waals surface area contributed by atoms with Crippen molar-refractivity contribution in [3.8, 4) is 0 Å². The van der Waals surface area contributed by atoms with Crippen LogP contribution in [0.2, 0.25) is 0 Å². The molecule has 6 heteroatoms. The Morgan fingerprint density at radius 2 is 2.11 bits per heavy atom. The molecule has 0 saturated heterocycles. The maximum absolute atomic E-state index is 10.00. The molecule has 0 amide bonds. The van der Waals surface area contributed by atoms with Crippen molar-refractivity contribution < 1.29 is 5.11 Å². The number of aliphatic hydroxyl groups excluding tert-OH is 1. The van der Waals surface area contributed by atoms with Crippen LogP contribution in [0.25, 0.3) is 0 Å². The lowest BCUT2D eigenvalue weighted by molar-refractivity contribution is 0.172. The van der Waals surface area contributed by atoms with Crippen molar-refractivity contribution in [3.05, 3.63) is 29.1 Å². The van der Waals surface area contributed by atoms with Crippen molar-refractivity contribution in [2.45, 2.75) is 39.8 Å². The highest BCUT2D eigenvalue weighted by molar-refractivity contribution is 5.27. The van der Waals surface area contributed by atoms with Gasteiger partial charge in [-0.1, -0.05) is 6.92 Å². The van der Waals surface area contributed by atoms with E-state index >= 15 is 0 Å². The Morgan fingerprint density at radius 1 is 1.39 bits per heavy atom. The van der Waals surface area contributed by atoms with Crippen LogP contribution in [-0.2, 0) is 13.6 Å². The zero-order valence-corrected chi connectivity index (χ0v) is 11.3. The van der Waals surface area contributed by atoms with Gasteiger partial charge >= 0.3 is 0 Å². The molecule has 0 aliphatic rings. The second-order valence-corrected chi connectivity index (χ2v) is 4.47. The SMILES string of the molecule is CCC(O)c1c(C)nn(Cc2ncnn2C)c1C. The second-order valence-electron chi connectivity index (χ2n) is 4.47. The molecular weight excluding hydrogens is 230 g/mol. The van der Waals surface area contributed by atoms with E-state index in [0.717, 1.165) is 22.8 Å². The van der Waals surface area contributed by atoms with E-state index in [1.165, 1.54) is 6.33 Å². The Bertz CT molecular complexity index is 543. The largest absolute Gasteiger partial charge is 0.388 e. The molecule has 2 aromatic rings. The molecule has 6 nitrogen and oxygen atoms in total. The summed E-state index contributed by atoms with van der Waals surface area (Å²) in [5, 5.41) is 18.5. The molecule has 0 aliphatic heterocycles. The van der Waals surface area contributed by atoms with E-state index in [9.17, 15) is 5.11 Å². The average molecular weight is 249 g/mol. The number of aliphatic hydroxyl groups is 1. The normalized spacial score (nSPS) is 12.9. The Labute approximate surface area is 106 Å². The Hall–Kier alpha value is -1.69. The van der Waals surface area contributed by atoms with E-state index in [4.69, 9.17) is 0 Å². The number of rotatable bonds is 4. The van der Waals surface area contributed by atoms with Crippen LogP contribution in [-0.4, -0.2) is 29.7 Å². The zero-order chi connectivity index (χ0) is 13.3. The molecule has 0 radical (unpaired) electrons. The number of aromatic nitrogens is 5. The summed E-state index contributed by atoms with van der Waals surface area (Å²) in [6, 6.07) is 0. The number of nitrogens with zero attached hydrogens (tertiary/aromatic N) is 5. The first-order chi connectivity index (χ1) is 8.54. The number of hydrogen-bond acceptors (Lipinski definition) is 4. The zero-order valence-electron chi connectivity index (χ0n) is 11.3. The molecule has 98 valence electrons. The van der Waals surface area contributed by atoms with Crippen LogP contribution in [0.3, 0.4) is 0 Å². The van der Waals surface area contributed by atoms with Gasteiger partial charge in [0.1, 0.15) is 18.7 Å². The van der Waals surface area contributed by atoms with E-state index in [-0.39, 0.29) is 0 Å². The lowest BCUT2D eigenvalue weighted by atomic mass is 10.1. The van der Waals surface area contributed by atoms with Gasteiger partial charge in [-0.3, -0.25) is 9.36 Å². The first kappa shape index (κ1) is 12.8. The summed E-state index contributed by atoms with van der Waals surface area (Å²) in [6.45, 7) is 6.43. The van der Waals surface area contributed by atoms with E-state index in [1.54, 1.807) is 4.68 Å². The van der Waals surface area contributed by atoms with E-state index in [2.05, 4.69) is 15.2 Å². The highest BCUT2D eigenvalue weighted by Gasteiger charge is 2.18. The van der Waals surface area contributed by atoms with Gasteiger partial charge in [0.2, 0.25) is 0 Å². The number of hydrogen-bond donors (Lipinski definition) is 1. The molecule has 0 aliphatic carbocycles. The van der Waals surface area contributed by atoms with Crippen LogP contribution in [0.15, 0.2) is 6.33 Å².